The molecule has 0 heterocycles. The largest absolute Gasteiger partial charge is 0.460 e. The van der Waals surface area contributed by atoms with Gasteiger partial charge >= 0.3 is 5.97 Å². The van der Waals surface area contributed by atoms with Crippen molar-refractivity contribution in [2.24, 2.45) is 0 Å². The second kappa shape index (κ2) is 7.75. The van der Waals surface area contributed by atoms with Crippen molar-refractivity contribution in [3.05, 3.63) is 69.7 Å². The zero-order valence-corrected chi connectivity index (χ0v) is 13.7. The van der Waals surface area contributed by atoms with Gasteiger partial charge in [0.05, 0.1) is 0 Å². The Bertz CT molecular complexity index is 685. The summed E-state index contributed by atoms with van der Waals surface area (Å²) in [5, 5.41) is 2.56. The van der Waals surface area contributed by atoms with Crippen LogP contribution in [0.15, 0.2) is 53.0 Å². The molecule has 0 atom stereocenters. The van der Waals surface area contributed by atoms with Crippen LogP contribution in [0.4, 0.5) is 0 Å². The lowest BCUT2D eigenvalue weighted by Gasteiger charge is -2.08. The van der Waals surface area contributed by atoms with E-state index in [0.717, 1.165) is 15.6 Å². The van der Waals surface area contributed by atoms with Crippen LogP contribution in [0.5, 0.6) is 0 Å². The number of hydrogen-bond donors (Lipinski definition) is 1. The topological polar surface area (TPSA) is 55.4 Å². The summed E-state index contributed by atoms with van der Waals surface area (Å²) >= 11 is 3.35. The van der Waals surface area contributed by atoms with Gasteiger partial charge in [-0.2, -0.15) is 0 Å². The summed E-state index contributed by atoms with van der Waals surface area (Å²) in [5.74, 6) is -0.751. The molecule has 1 amide bonds. The van der Waals surface area contributed by atoms with Gasteiger partial charge < -0.3 is 10.1 Å². The summed E-state index contributed by atoms with van der Waals surface area (Å²) in [7, 11) is 0. The summed E-state index contributed by atoms with van der Waals surface area (Å²) in [6.45, 7) is 1.88. The third-order valence-corrected chi connectivity index (χ3v) is 3.57. The van der Waals surface area contributed by atoms with E-state index in [4.69, 9.17) is 4.74 Å². The number of benzene rings is 2. The summed E-state index contributed by atoms with van der Waals surface area (Å²) < 4.78 is 6.05. The second-order valence-electron chi connectivity index (χ2n) is 4.79. The highest BCUT2D eigenvalue weighted by Gasteiger charge is 2.10. The maximum Gasteiger partial charge on any atom is 0.325 e. The summed E-state index contributed by atoms with van der Waals surface area (Å²) in [6.07, 6.45) is 0. The fourth-order valence-electron chi connectivity index (χ4n) is 1.92. The molecular formula is C17H16BrNO3. The Balaban J connectivity index is 1.81. The summed E-state index contributed by atoms with van der Waals surface area (Å²) in [6, 6.07) is 14.7. The fourth-order valence-corrected chi connectivity index (χ4v) is 2.36. The van der Waals surface area contributed by atoms with Crippen molar-refractivity contribution < 1.29 is 14.3 Å². The number of carbonyl (C=O) groups is 2. The van der Waals surface area contributed by atoms with Gasteiger partial charge in [-0.05, 0) is 36.2 Å². The molecule has 0 unspecified atom stereocenters. The maximum atomic E-state index is 12.0. The van der Waals surface area contributed by atoms with Gasteiger partial charge in [0, 0.05) is 10.0 Å². The van der Waals surface area contributed by atoms with E-state index in [1.54, 1.807) is 12.1 Å². The van der Waals surface area contributed by atoms with Crippen LogP contribution in [0.2, 0.25) is 0 Å². The van der Waals surface area contributed by atoms with Crippen molar-refractivity contribution in [1.29, 1.82) is 0 Å². The minimum atomic E-state index is -0.470. The van der Waals surface area contributed by atoms with E-state index in [-0.39, 0.29) is 19.1 Å². The van der Waals surface area contributed by atoms with Gasteiger partial charge in [0.25, 0.3) is 5.91 Å². The van der Waals surface area contributed by atoms with Crippen molar-refractivity contribution in [2.75, 3.05) is 6.54 Å². The number of rotatable bonds is 5. The molecule has 0 saturated heterocycles. The Hall–Kier alpha value is -2.14. The van der Waals surface area contributed by atoms with Crippen molar-refractivity contribution in [3.63, 3.8) is 0 Å². The first kappa shape index (κ1) is 16.2. The van der Waals surface area contributed by atoms with Crippen LogP contribution in [0.1, 0.15) is 21.5 Å². The minimum absolute atomic E-state index is 0.152. The van der Waals surface area contributed by atoms with E-state index in [2.05, 4.69) is 21.2 Å². The molecular weight excluding hydrogens is 346 g/mol. The van der Waals surface area contributed by atoms with Gasteiger partial charge in [-0.15, -0.1) is 0 Å². The number of aryl methyl sites for hydroxylation is 1. The number of esters is 1. The molecule has 0 spiro atoms. The Morgan fingerprint density at radius 3 is 2.64 bits per heavy atom. The van der Waals surface area contributed by atoms with Crippen LogP contribution in [0.3, 0.4) is 0 Å². The van der Waals surface area contributed by atoms with Crippen LogP contribution in [0, 0.1) is 6.92 Å². The van der Waals surface area contributed by atoms with Crippen molar-refractivity contribution in [1.82, 2.24) is 5.32 Å². The number of carbonyl (C=O) groups excluding carboxylic acids is 2. The van der Waals surface area contributed by atoms with Crippen molar-refractivity contribution in [2.45, 2.75) is 13.5 Å². The molecule has 0 radical (unpaired) electrons. The first-order valence-corrected chi connectivity index (χ1v) is 7.59. The predicted octanol–water partition coefficient (Wildman–Crippen LogP) is 3.23. The SMILES string of the molecule is Cc1ccccc1C(=O)NCC(=O)OCc1cccc(Br)c1. The third kappa shape index (κ3) is 4.70. The van der Waals surface area contributed by atoms with E-state index < -0.39 is 5.97 Å². The van der Waals surface area contributed by atoms with Gasteiger partial charge in [-0.1, -0.05) is 46.3 Å². The molecule has 5 heteroatoms. The second-order valence-corrected chi connectivity index (χ2v) is 5.70. The molecule has 1 N–H and O–H groups in total. The number of amides is 1. The number of nitrogens with one attached hydrogen (secondary N) is 1. The number of halogens is 1. The molecule has 4 nitrogen and oxygen atoms in total. The lowest BCUT2D eigenvalue weighted by molar-refractivity contribution is -0.143. The molecule has 2 rings (SSSR count). The van der Waals surface area contributed by atoms with E-state index >= 15 is 0 Å². The van der Waals surface area contributed by atoms with E-state index in [1.165, 1.54) is 0 Å². The molecule has 0 aliphatic carbocycles. The molecule has 0 fully saturated rings. The van der Waals surface area contributed by atoms with Gasteiger partial charge in [0.2, 0.25) is 0 Å². The fraction of sp³-hybridized carbons (Fsp3) is 0.176. The minimum Gasteiger partial charge on any atom is -0.460 e. The van der Waals surface area contributed by atoms with Gasteiger partial charge in [-0.25, -0.2) is 0 Å². The molecule has 0 aliphatic heterocycles. The highest BCUT2D eigenvalue weighted by atomic mass is 79.9. The molecule has 0 aliphatic rings. The molecule has 0 aromatic heterocycles. The van der Waals surface area contributed by atoms with Gasteiger partial charge in [0.1, 0.15) is 13.2 Å². The van der Waals surface area contributed by atoms with Crippen molar-refractivity contribution in [3.8, 4) is 0 Å². The van der Waals surface area contributed by atoms with Gasteiger partial charge in [-0.3, -0.25) is 9.59 Å². The maximum absolute atomic E-state index is 12.0. The van der Waals surface area contributed by atoms with Crippen LogP contribution < -0.4 is 5.32 Å². The monoisotopic (exact) mass is 361 g/mol. The standard InChI is InChI=1S/C17H16BrNO3/c1-12-5-2-3-8-15(12)17(21)19-10-16(20)22-11-13-6-4-7-14(18)9-13/h2-9H,10-11H2,1H3,(H,19,21). The lowest BCUT2D eigenvalue weighted by Crippen LogP contribution is -2.31. The zero-order valence-electron chi connectivity index (χ0n) is 12.1. The Morgan fingerprint density at radius 2 is 1.91 bits per heavy atom. The summed E-state index contributed by atoms with van der Waals surface area (Å²) in [4.78, 5) is 23.6. The molecule has 0 saturated carbocycles. The van der Waals surface area contributed by atoms with Crippen LogP contribution in [0.25, 0.3) is 0 Å². The molecule has 2 aromatic carbocycles. The Kier molecular flexibility index (Phi) is 5.72. The van der Waals surface area contributed by atoms with Gasteiger partial charge in [0.15, 0.2) is 0 Å². The summed E-state index contributed by atoms with van der Waals surface area (Å²) in [5.41, 5.74) is 2.30. The molecule has 22 heavy (non-hydrogen) atoms. The smallest absolute Gasteiger partial charge is 0.325 e. The molecule has 0 bridgehead atoms. The number of ether oxygens (including phenoxy) is 1. The first-order valence-electron chi connectivity index (χ1n) is 6.80. The average Bonchev–Trinajstić information content (AvgIpc) is 2.51. The first-order chi connectivity index (χ1) is 10.6. The Labute approximate surface area is 137 Å². The van der Waals surface area contributed by atoms with E-state index in [0.29, 0.717) is 5.56 Å². The third-order valence-electron chi connectivity index (χ3n) is 3.07. The normalized spacial score (nSPS) is 10.1. The highest BCUT2D eigenvalue weighted by Crippen LogP contribution is 2.12. The number of hydrogen-bond acceptors (Lipinski definition) is 3. The molecule has 114 valence electrons. The zero-order chi connectivity index (χ0) is 15.9. The van der Waals surface area contributed by atoms with E-state index in [1.807, 2.05) is 43.3 Å². The van der Waals surface area contributed by atoms with Crippen LogP contribution in [-0.4, -0.2) is 18.4 Å². The van der Waals surface area contributed by atoms with Crippen LogP contribution in [-0.2, 0) is 16.1 Å². The lowest BCUT2D eigenvalue weighted by atomic mass is 10.1. The Morgan fingerprint density at radius 1 is 1.14 bits per heavy atom. The van der Waals surface area contributed by atoms with Crippen molar-refractivity contribution >= 4 is 27.8 Å². The average molecular weight is 362 g/mol. The predicted molar refractivity (Wildman–Crippen MR) is 87.5 cm³/mol. The van der Waals surface area contributed by atoms with Crippen LogP contribution >= 0.6 is 15.9 Å². The van der Waals surface area contributed by atoms with E-state index in [9.17, 15) is 9.59 Å². The highest BCUT2D eigenvalue weighted by molar-refractivity contribution is 9.10. The quantitative estimate of drug-likeness (QED) is 0.831. The molecule has 2 aromatic rings.